The summed E-state index contributed by atoms with van der Waals surface area (Å²) < 4.78 is 33.4. The number of halogens is 2. The molecule has 2 heterocycles. The lowest BCUT2D eigenvalue weighted by molar-refractivity contribution is 0.102. The first kappa shape index (κ1) is 27.5. The van der Waals surface area contributed by atoms with Crippen molar-refractivity contribution >= 4 is 29.0 Å². The molecule has 0 radical (unpaired) electrons. The van der Waals surface area contributed by atoms with Crippen LogP contribution in [-0.4, -0.2) is 52.1 Å². The maximum Gasteiger partial charge on any atom is 0.415 e. The summed E-state index contributed by atoms with van der Waals surface area (Å²) >= 11 is 0. The SMILES string of the molecule is C[C@H](N(C)C(=O)Oc1ccc2c(c1)nc(NC(=O)c1ccc(C(F)F)cc1)n2CC1CCCN1)C(C)(C)C. The van der Waals surface area contributed by atoms with Crippen LogP contribution in [0, 0.1) is 5.41 Å². The van der Waals surface area contributed by atoms with Gasteiger partial charge < -0.3 is 19.5 Å². The van der Waals surface area contributed by atoms with Crippen LogP contribution in [0.15, 0.2) is 42.5 Å². The molecule has 0 spiro atoms. The van der Waals surface area contributed by atoms with Gasteiger partial charge in [0.2, 0.25) is 5.95 Å². The van der Waals surface area contributed by atoms with Crippen molar-refractivity contribution in [1.29, 1.82) is 0 Å². The van der Waals surface area contributed by atoms with Gasteiger partial charge in [-0.05, 0) is 56.0 Å². The molecule has 3 aromatic rings. The minimum Gasteiger partial charge on any atom is -0.410 e. The summed E-state index contributed by atoms with van der Waals surface area (Å²) in [5.41, 5.74) is 1.32. The third-order valence-corrected chi connectivity index (χ3v) is 7.26. The van der Waals surface area contributed by atoms with Crippen molar-refractivity contribution in [1.82, 2.24) is 19.8 Å². The highest BCUT2D eigenvalue weighted by atomic mass is 19.3. The quantitative estimate of drug-likeness (QED) is 0.403. The lowest BCUT2D eigenvalue weighted by Crippen LogP contribution is -2.44. The monoisotopic (exact) mass is 527 g/mol. The summed E-state index contributed by atoms with van der Waals surface area (Å²) in [6, 6.07) is 10.6. The Hall–Kier alpha value is -3.53. The Balaban J connectivity index is 1.60. The molecule has 4 rings (SSSR count). The van der Waals surface area contributed by atoms with Gasteiger partial charge in [-0.3, -0.25) is 10.1 Å². The van der Waals surface area contributed by atoms with E-state index in [4.69, 9.17) is 4.74 Å². The fraction of sp³-hybridized carbons (Fsp3) is 0.464. The number of fused-ring (bicyclic) bond motifs is 1. The number of carbonyl (C=O) groups excluding carboxylic acids is 2. The van der Waals surface area contributed by atoms with Crippen LogP contribution in [0.1, 0.15) is 62.9 Å². The third-order valence-electron chi connectivity index (χ3n) is 7.26. The average molecular weight is 528 g/mol. The highest BCUT2D eigenvalue weighted by Crippen LogP contribution is 2.28. The van der Waals surface area contributed by atoms with Crippen LogP contribution < -0.4 is 15.4 Å². The molecule has 1 unspecified atom stereocenters. The molecule has 1 fully saturated rings. The Kier molecular flexibility index (Phi) is 8.01. The standard InChI is InChI=1S/C28H35F2N5O3/c1-17(28(2,3)4)34(5)27(37)38-21-12-13-23-22(15-21)32-26(35(23)16-20-7-6-14-31-20)33-25(36)19-10-8-18(9-11-19)24(29)30/h8-13,15,17,20,24,31H,6-7,14,16H2,1-5H3,(H,32,33,36)/t17-,20?/m0/s1. The number of ether oxygens (including phenoxy) is 1. The summed E-state index contributed by atoms with van der Waals surface area (Å²) in [4.78, 5) is 31.9. The van der Waals surface area contributed by atoms with Crippen molar-refractivity contribution in [3.8, 4) is 5.75 Å². The fourth-order valence-electron chi connectivity index (χ4n) is 4.45. The minimum atomic E-state index is -2.60. The molecule has 0 bridgehead atoms. The van der Waals surface area contributed by atoms with Gasteiger partial charge in [0.05, 0.1) is 11.0 Å². The van der Waals surface area contributed by atoms with Gasteiger partial charge in [-0.1, -0.05) is 32.9 Å². The normalized spacial score (nSPS) is 16.6. The molecule has 0 saturated carbocycles. The summed E-state index contributed by atoms with van der Waals surface area (Å²) in [6.07, 6.45) is -1.01. The molecule has 10 heteroatoms. The molecule has 1 saturated heterocycles. The number of nitrogens with zero attached hydrogens (tertiary/aromatic N) is 3. The van der Waals surface area contributed by atoms with E-state index in [-0.39, 0.29) is 28.6 Å². The number of nitrogens with one attached hydrogen (secondary N) is 2. The topological polar surface area (TPSA) is 88.5 Å². The predicted molar refractivity (Wildman–Crippen MR) is 143 cm³/mol. The van der Waals surface area contributed by atoms with Crippen LogP contribution in [0.2, 0.25) is 0 Å². The molecule has 2 atom stereocenters. The maximum absolute atomic E-state index is 13.0. The van der Waals surface area contributed by atoms with E-state index in [0.717, 1.165) is 24.9 Å². The van der Waals surface area contributed by atoms with E-state index in [9.17, 15) is 18.4 Å². The number of imidazole rings is 1. The van der Waals surface area contributed by atoms with Crippen molar-refractivity contribution in [3.05, 3.63) is 53.6 Å². The first-order valence-electron chi connectivity index (χ1n) is 12.8. The highest BCUT2D eigenvalue weighted by Gasteiger charge is 2.28. The maximum atomic E-state index is 13.0. The first-order chi connectivity index (χ1) is 17.9. The second-order valence-electron chi connectivity index (χ2n) is 10.9. The number of alkyl halides is 2. The van der Waals surface area contributed by atoms with Crippen molar-refractivity contribution < 1.29 is 23.1 Å². The van der Waals surface area contributed by atoms with Crippen LogP contribution in [0.3, 0.4) is 0 Å². The van der Waals surface area contributed by atoms with Crippen molar-refractivity contribution in [3.63, 3.8) is 0 Å². The Morgan fingerprint density at radius 2 is 1.92 bits per heavy atom. The predicted octanol–water partition coefficient (Wildman–Crippen LogP) is 5.84. The lowest BCUT2D eigenvalue weighted by Gasteiger charge is -2.34. The van der Waals surface area contributed by atoms with Gasteiger partial charge in [0, 0.05) is 42.9 Å². The van der Waals surface area contributed by atoms with Gasteiger partial charge >= 0.3 is 6.09 Å². The van der Waals surface area contributed by atoms with E-state index in [1.165, 1.54) is 24.3 Å². The van der Waals surface area contributed by atoms with Crippen LogP contribution in [0.5, 0.6) is 5.75 Å². The van der Waals surface area contributed by atoms with E-state index >= 15 is 0 Å². The average Bonchev–Trinajstić information content (AvgIpc) is 3.50. The van der Waals surface area contributed by atoms with E-state index in [2.05, 4.69) is 36.4 Å². The summed E-state index contributed by atoms with van der Waals surface area (Å²) in [5.74, 6) is 0.226. The van der Waals surface area contributed by atoms with Crippen LogP contribution >= 0.6 is 0 Å². The molecular formula is C28H35F2N5O3. The van der Waals surface area contributed by atoms with Crippen molar-refractivity contribution in [2.75, 3.05) is 18.9 Å². The first-order valence-corrected chi connectivity index (χ1v) is 12.8. The van der Waals surface area contributed by atoms with Gasteiger partial charge in [0.25, 0.3) is 12.3 Å². The zero-order valence-electron chi connectivity index (χ0n) is 22.4. The second-order valence-corrected chi connectivity index (χ2v) is 10.9. The van der Waals surface area contributed by atoms with Gasteiger partial charge in [-0.15, -0.1) is 0 Å². The van der Waals surface area contributed by atoms with Crippen molar-refractivity contribution in [2.24, 2.45) is 5.41 Å². The Labute approximate surface area is 221 Å². The number of hydrogen-bond donors (Lipinski definition) is 2. The summed E-state index contributed by atoms with van der Waals surface area (Å²) in [6.45, 7) is 9.66. The molecular weight excluding hydrogens is 492 g/mol. The Morgan fingerprint density at radius 1 is 1.21 bits per heavy atom. The van der Waals surface area contributed by atoms with Gasteiger partial charge in [0.15, 0.2) is 0 Å². The van der Waals surface area contributed by atoms with Crippen LogP contribution in [-0.2, 0) is 6.54 Å². The van der Waals surface area contributed by atoms with E-state index < -0.39 is 18.4 Å². The number of hydrogen-bond acceptors (Lipinski definition) is 5. The molecule has 0 aliphatic carbocycles. The minimum absolute atomic E-state index is 0.0478. The molecule has 1 aromatic heterocycles. The summed E-state index contributed by atoms with van der Waals surface area (Å²) in [5, 5.41) is 6.28. The largest absolute Gasteiger partial charge is 0.415 e. The van der Waals surface area contributed by atoms with Crippen LogP contribution in [0.25, 0.3) is 11.0 Å². The smallest absolute Gasteiger partial charge is 0.410 e. The van der Waals surface area contributed by atoms with Gasteiger partial charge in [-0.2, -0.15) is 0 Å². The molecule has 204 valence electrons. The van der Waals surface area contributed by atoms with E-state index in [1.807, 2.05) is 17.6 Å². The molecule has 8 nitrogen and oxygen atoms in total. The zero-order valence-corrected chi connectivity index (χ0v) is 22.4. The molecule has 1 aliphatic heterocycles. The lowest BCUT2D eigenvalue weighted by atomic mass is 9.87. The molecule has 2 aromatic carbocycles. The number of amides is 2. The van der Waals surface area contributed by atoms with Crippen LogP contribution in [0.4, 0.5) is 19.5 Å². The molecule has 2 N–H and O–H groups in total. The van der Waals surface area contributed by atoms with E-state index in [1.54, 1.807) is 24.1 Å². The molecule has 38 heavy (non-hydrogen) atoms. The third kappa shape index (κ3) is 6.12. The van der Waals surface area contributed by atoms with Crippen molar-refractivity contribution in [2.45, 2.75) is 65.6 Å². The number of rotatable bonds is 7. The Bertz CT molecular complexity index is 1290. The summed E-state index contributed by atoms with van der Waals surface area (Å²) in [7, 11) is 1.71. The Morgan fingerprint density at radius 3 is 2.53 bits per heavy atom. The molecule has 2 amide bonds. The number of anilines is 1. The number of carbonyl (C=O) groups is 2. The second kappa shape index (κ2) is 11.1. The van der Waals surface area contributed by atoms with Gasteiger partial charge in [0.1, 0.15) is 5.75 Å². The zero-order chi connectivity index (χ0) is 27.6. The van der Waals surface area contributed by atoms with Gasteiger partial charge in [-0.25, -0.2) is 18.6 Å². The molecule has 1 aliphatic rings. The number of aromatic nitrogens is 2. The highest BCUT2D eigenvalue weighted by molar-refractivity contribution is 6.04. The fourth-order valence-corrected chi connectivity index (χ4v) is 4.45. The number of benzene rings is 2. The van der Waals surface area contributed by atoms with E-state index in [0.29, 0.717) is 23.8 Å².